The smallest absolute Gasteiger partial charge is 0.261 e. The summed E-state index contributed by atoms with van der Waals surface area (Å²) in [5.41, 5.74) is 2.19. The van der Waals surface area contributed by atoms with E-state index in [9.17, 15) is 19.5 Å². The third kappa shape index (κ3) is 2.59. The van der Waals surface area contributed by atoms with Crippen LogP contribution in [-0.4, -0.2) is 40.8 Å². The van der Waals surface area contributed by atoms with Gasteiger partial charge in [-0.25, -0.2) is 0 Å². The van der Waals surface area contributed by atoms with E-state index < -0.39 is 6.10 Å². The minimum Gasteiger partial charge on any atom is -0.388 e. The summed E-state index contributed by atoms with van der Waals surface area (Å²) in [7, 11) is 0. The van der Waals surface area contributed by atoms with Crippen molar-refractivity contribution in [3.8, 4) is 0 Å². The fourth-order valence-electron chi connectivity index (χ4n) is 3.59. The van der Waals surface area contributed by atoms with E-state index in [1.165, 1.54) is 0 Å². The van der Waals surface area contributed by atoms with Gasteiger partial charge in [0.1, 0.15) is 0 Å². The van der Waals surface area contributed by atoms with Crippen molar-refractivity contribution in [1.82, 2.24) is 4.90 Å². The van der Waals surface area contributed by atoms with Gasteiger partial charge in [-0.05, 0) is 24.6 Å². The molecule has 1 unspecified atom stereocenters. The van der Waals surface area contributed by atoms with Crippen molar-refractivity contribution in [3.63, 3.8) is 0 Å². The molecule has 0 bridgehead atoms. The lowest BCUT2D eigenvalue weighted by atomic mass is 9.98. The minimum absolute atomic E-state index is 0.0480. The molecular weight excluding hydrogens is 332 g/mol. The Morgan fingerprint density at radius 1 is 1.00 bits per heavy atom. The van der Waals surface area contributed by atoms with E-state index in [0.29, 0.717) is 29.8 Å². The molecule has 26 heavy (non-hydrogen) atoms. The number of imide groups is 1. The summed E-state index contributed by atoms with van der Waals surface area (Å²) >= 11 is 0. The van der Waals surface area contributed by atoms with E-state index in [1.807, 2.05) is 18.2 Å². The second-order valence-corrected chi connectivity index (χ2v) is 6.47. The third-order valence-corrected chi connectivity index (χ3v) is 4.94. The van der Waals surface area contributed by atoms with Gasteiger partial charge in [-0.15, -0.1) is 0 Å². The Balaban J connectivity index is 1.48. The van der Waals surface area contributed by atoms with E-state index in [-0.39, 0.29) is 30.7 Å². The van der Waals surface area contributed by atoms with Crippen LogP contribution in [0.1, 0.15) is 45.2 Å². The average Bonchev–Trinajstić information content (AvgIpc) is 2.91. The van der Waals surface area contributed by atoms with Crippen molar-refractivity contribution in [2.45, 2.75) is 18.9 Å². The van der Waals surface area contributed by atoms with Gasteiger partial charge in [-0.3, -0.25) is 19.3 Å². The number of para-hydroxylation sites is 1. The molecule has 1 atom stereocenters. The molecule has 0 aromatic heterocycles. The molecule has 0 radical (unpaired) electrons. The van der Waals surface area contributed by atoms with Crippen molar-refractivity contribution in [2.75, 3.05) is 18.0 Å². The van der Waals surface area contributed by atoms with Crippen molar-refractivity contribution in [3.05, 3.63) is 65.2 Å². The molecule has 2 aromatic rings. The van der Waals surface area contributed by atoms with Gasteiger partial charge >= 0.3 is 0 Å². The Morgan fingerprint density at radius 2 is 1.62 bits per heavy atom. The van der Waals surface area contributed by atoms with Gasteiger partial charge < -0.3 is 10.0 Å². The third-order valence-electron chi connectivity index (χ3n) is 4.94. The van der Waals surface area contributed by atoms with Crippen LogP contribution < -0.4 is 4.90 Å². The molecule has 6 nitrogen and oxygen atoms in total. The fourth-order valence-corrected chi connectivity index (χ4v) is 3.59. The highest BCUT2D eigenvalue weighted by Crippen LogP contribution is 2.33. The molecule has 0 fully saturated rings. The SMILES string of the molecule is O=C1c2ccccc2C(=O)N1CCC(=O)N1CCC(O)c2ccccc21. The molecule has 0 spiro atoms. The molecule has 2 aliphatic heterocycles. The number of aliphatic hydroxyl groups is 1. The van der Waals surface area contributed by atoms with E-state index in [2.05, 4.69) is 0 Å². The lowest BCUT2D eigenvalue weighted by molar-refractivity contribution is -0.118. The quantitative estimate of drug-likeness (QED) is 0.861. The summed E-state index contributed by atoms with van der Waals surface area (Å²) in [4.78, 5) is 40.2. The maximum atomic E-state index is 12.7. The van der Waals surface area contributed by atoms with Crippen LogP contribution in [0.3, 0.4) is 0 Å². The number of fused-ring (bicyclic) bond motifs is 2. The highest BCUT2D eigenvalue weighted by atomic mass is 16.3. The van der Waals surface area contributed by atoms with Gasteiger partial charge in [0, 0.05) is 30.8 Å². The van der Waals surface area contributed by atoms with Crippen LogP contribution in [0.5, 0.6) is 0 Å². The summed E-state index contributed by atoms with van der Waals surface area (Å²) in [5, 5.41) is 10.1. The van der Waals surface area contributed by atoms with E-state index in [1.54, 1.807) is 35.2 Å². The van der Waals surface area contributed by atoms with Crippen molar-refractivity contribution in [2.24, 2.45) is 0 Å². The van der Waals surface area contributed by atoms with Crippen LogP contribution in [0.4, 0.5) is 5.69 Å². The number of nitrogens with zero attached hydrogens (tertiary/aromatic N) is 2. The standard InChI is InChI=1S/C20H18N2O4/c23-17-9-11-21(16-8-4-3-7-15(16)17)18(24)10-12-22-19(25)13-5-1-2-6-14(13)20(22)26/h1-8,17,23H,9-12H2. The molecule has 132 valence electrons. The summed E-state index contributed by atoms with van der Waals surface area (Å²) < 4.78 is 0. The van der Waals surface area contributed by atoms with Crippen LogP contribution in [0.2, 0.25) is 0 Å². The normalized spacial score (nSPS) is 18.7. The number of carbonyl (C=O) groups is 3. The summed E-state index contributed by atoms with van der Waals surface area (Å²) in [6, 6.07) is 13.9. The number of hydrogen-bond donors (Lipinski definition) is 1. The largest absolute Gasteiger partial charge is 0.388 e. The summed E-state index contributed by atoms with van der Waals surface area (Å²) in [5.74, 6) is -0.873. The number of benzene rings is 2. The van der Waals surface area contributed by atoms with Crippen molar-refractivity contribution in [1.29, 1.82) is 0 Å². The first kappa shape index (κ1) is 16.5. The zero-order valence-corrected chi connectivity index (χ0v) is 14.1. The first-order chi connectivity index (χ1) is 12.6. The zero-order valence-electron chi connectivity index (χ0n) is 14.1. The Morgan fingerprint density at radius 3 is 2.31 bits per heavy atom. The summed E-state index contributed by atoms with van der Waals surface area (Å²) in [6.45, 7) is 0.464. The molecule has 2 heterocycles. The van der Waals surface area contributed by atoms with Crippen molar-refractivity contribution >= 4 is 23.4 Å². The zero-order chi connectivity index (χ0) is 18.3. The Hall–Kier alpha value is -2.99. The average molecular weight is 350 g/mol. The van der Waals surface area contributed by atoms with Gasteiger partial charge in [0.05, 0.1) is 17.2 Å². The number of rotatable bonds is 3. The van der Waals surface area contributed by atoms with E-state index >= 15 is 0 Å². The molecule has 0 aliphatic carbocycles. The number of anilines is 1. The second kappa shape index (κ2) is 6.38. The number of carbonyl (C=O) groups excluding carboxylic acids is 3. The van der Waals surface area contributed by atoms with Crippen LogP contribution >= 0.6 is 0 Å². The predicted octanol–water partition coefficient (Wildman–Crippen LogP) is 2.14. The predicted molar refractivity (Wildman–Crippen MR) is 94.8 cm³/mol. The lowest BCUT2D eigenvalue weighted by Gasteiger charge is -2.32. The molecule has 3 amide bonds. The first-order valence-corrected chi connectivity index (χ1v) is 8.60. The maximum absolute atomic E-state index is 12.7. The topological polar surface area (TPSA) is 77.9 Å². The second-order valence-electron chi connectivity index (χ2n) is 6.47. The van der Waals surface area contributed by atoms with E-state index in [4.69, 9.17) is 0 Å². The van der Waals surface area contributed by atoms with E-state index in [0.717, 1.165) is 10.5 Å². The fraction of sp³-hybridized carbons (Fsp3) is 0.250. The van der Waals surface area contributed by atoms with Gasteiger partial charge in [0.2, 0.25) is 5.91 Å². The van der Waals surface area contributed by atoms with Crippen LogP contribution in [-0.2, 0) is 4.79 Å². The van der Waals surface area contributed by atoms with Crippen LogP contribution in [0.15, 0.2) is 48.5 Å². The number of hydrogen-bond acceptors (Lipinski definition) is 4. The van der Waals surface area contributed by atoms with Gasteiger partial charge in [-0.1, -0.05) is 30.3 Å². The molecule has 4 rings (SSSR count). The molecule has 2 aliphatic rings. The Labute approximate surface area is 150 Å². The van der Waals surface area contributed by atoms with Gasteiger partial charge in [0.15, 0.2) is 0 Å². The monoisotopic (exact) mass is 350 g/mol. The minimum atomic E-state index is -0.577. The highest BCUT2D eigenvalue weighted by molar-refractivity contribution is 6.21. The molecule has 6 heteroatoms. The molecular formula is C20H18N2O4. The Kier molecular flexibility index (Phi) is 4.05. The van der Waals surface area contributed by atoms with Crippen molar-refractivity contribution < 1.29 is 19.5 Å². The number of amides is 3. The molecule has 2 aromatic carbocycles. The van der Waals surface area contributed by atoms with Gasteiger partial charge in [-0.2, -0.15) is 0 Å². The Bertz CT molecular complexity index is 873. The molecule has 0 saturated heterocycles. The number of aliphatic hydroxyl groups excluding tert-OH is 1. The maximum Gasteiger partial charge on any atom is 0.261 e. The summed E-state index contributed by atoms with van der Waals surface area (Å²) in [6.07, 6.45) is -0.0578. The first-order valence-electron chi connectivity index (χ1n) is 8.60. The highest BCUT2D eigenvalue weighted by Gasteiger charge is 2.36. The van der Waals surface area contributed by atoms with Gasteiger partial charge in [0.25, 0.3) is 11.8 Å². The van der Waals surface area contributed by atoms with Crippen LogP contribution in [0, 0.1) is 0 Å². The molecule has 0 saturated carbocycles. The van der Waals surface area contributed by atoms with Crippen LogP contribution in [0.25, 0.3) is 0 Å². The lowest BCUT2D eigenvalue weighted by Crippen LogP contribution is -2.39. The molecule has 1 N–H and O–H groups in total.